The van der Waals surface area contributed by atoms with Crippen molar-refractivity contribution >= 4 is 28.7 Å². The van der Waals surface area contributed by atoms with Crippen molar-refractivity contribution in [3.63, 3.8) is 0 Å². The summed E-state index contributed by atoms with van der Waals surface area (Å²) in [7, 11) is 0. The molecular formula is C26H22N4O2. The molecule has 0 aliphatic rings. The number of para-hydroxylation sites is 1. The number of nitrogens with one attached hydrogen (secondary N) is 1. The maximum Gasteiger partial charge on any atom is 0.244 e. The number of benzene rings is 3. The molecule has 0 saturated carbocycles. The Labute approximate surface area is 186 Å². The van der Waals surface area contributed by atoms with Gasteiger partial charge in [0, 0.05) is 33.9 Å². The van der Waals surface area contributed by atoms with Gasteiger partial charge in [0.25, 0.3) is 0 Å². The first-order valence-corrected chi connectivity index (χ1v) is 10.2. The van der Waals surface area contributed by atoms with E-state index < -0.39 is 0 Å². The Morgan fingerprint density at radius 1 is 1.12 bits per heavy atom. The molecule has 4 aromatic rings. The summed E-state index contributed by atoms with van der Waals surface area (Å²) in [4.78, 5) is 18.0. The number of nitrogens with zero attached hydrogens (tertiary/aromatic N) is 3. The molecule has 6 heteroatoms. The van der Waals surface area contributed by atoms with Crippen LogP contribution in [0.15, 0.2) is 84.1 Å². The molecule has 1 N–H and O–H groups in total. The molecular weight excluding hydrogens is 400 g/mol. The first-order chi connectivity index (χ1) is 15.6. The van der Waals surface area contributed by atoms with Crippen LogP contribution in [0.5, 0.6) is 0 Å². The van der Waals surface area contributed by atoms with Crippen LogP contribution in [-0.4, -0.2) is 16.7 Å². The summed E-state index contributed by atoms with van der Waals surface area (Å²) in [6, 6.07) is 25.0. The standard InChI is InChI=1S/C26H22N4O2/c1-19-7-6-10-23(13-19)29-26(31)17-30-16-22(24-11-4-5-12-25(24)30)15-28-32-18-21-9-3-2-8-20(21)14-27/h2-13,15-16H,17-18H2,1H3,(H,29,31)/b28-15-. The van der Waals surface area contributed by atoms with Gasteiger partial charge in [-0.15, -0.1) is 0 Å². The molecule has 0 aliphatic heterocycles. The second kappa shape index (κ2) is 9.63. The van der Waals surface area contributed by atoms with Crippen molar-refractivity contribution in [3.8, 4) is 6.07 Å². The molecule has 6 nitrogen and oxygen atoms in total. The maximum atomic E-state index is 12.6. The summed E-state index contributed by atoms with van der Waals surface area (Å²) in [5.74, 6) is -0.107. The van der Waals surface area contributed by atoms with E-state index in [4.69, 9.17) is 4.84 Å². The SMILES string of the molecule is Cc1cccc(NC(=O)Cn2cc(/C=N\OCc3ccccc3C#N)c3ccccc32)c1. The zero-order chi connectivity index (χ0) is 22.3. The van der Waals surface area contributed by atoms with E-state index in [1.807, 2.05) is 84.4 Å². The summed E-state index contributed by atoms with van der Waals surface area (Å²) in [5, 5.41) is 17.2. The molecule has 0 saturated heterocycles. The van der Waals surface area contributed by atoms with Gasteiger partial charge >= 0.3 is 0 Å². The number of fused-ring (bicyclic) bond motifs is 1. The van der Waals surface area contributed by atoms with Crippen molar-refractivity contribution in [2.75, 3.05) is 5.32 Å². The molecule has 0 radical (unpaired) electrons. The predicted octanol–water partition coefficient (Wildman–Crippen LogP) is 5.01. The smallest absolute Gasteiger partial charge is 0.244 e. The highest BCUT2D eigenvalue weighted by molar-refractivity contribution is 6.00. The first kappa shape index (κ1) is 20.9. The number of carbonyl (C=O) groups is 1. The number of hydrogen-bond donors (Lipinski definition) is 1. The van der Waals surface area contributed by atoms with Gasteiger partial charge in [0.2, 0.25) is 5.91 Å². The first-order valence-electron chi connectivity index (χ1n) is 10.2. The van der Waals surface area contributed by atoms with Gasteiger partial charge in [-0.1, -0.05) is 53.7 Å². The van der Waals surface area contributed by atoms with E-state index >= 15 is 0 Å². The lowest BCUT2D eigenvalue weighted by molar-refractivity contribution is -0.116. The van der Waals surface area contributed by atoms with Gasteiger partial charge in [0.15, 0.2) is 0 Å². The molecule has 1 amide bonds. The molecule has 1 heterocycles. The highest BCUT2D eigenvalue weighted by Gasteiger charge is 2.10. The third-order valence-electron chi connectivity index (χ3n) is 5.06. The van der Waals surface area contributed by atoms with Gasteiger partial charge in [0.1, 0.15) is 13.2 Å². The average Bonchev–Trinajstić information content (AvgIpc) is 3.14. The molecule has 3 aromatic carbocycles. The van der Waals surface area contributed by atoms with Crippen LogP contribution in [0.25, 0.3) is 10.9 Å². The number of rotatable bonds is 7. The van der Waals surface area contributed by atoms with E-state index in [0.29, 0.717) is 5.56 Å². The summed E-state index contributed by atoms with van der Waals surface area (Å²) in [5.41, 5.74) is 4.99. The average molecular weight is 422 g/mol. The number of nitriles is 1. The van der Waals surface area contributed by atoms with E-state index in [1.165, 1.54) is 0 Å². The van der Waals surface area contributed by atoms with Gasteiger partial charge in [0.05, 0.1) is 17.8 Å². The molecule has 0 fully saturated rings. The quantitative estimate of drug-likeness (QED) is 0.336. The number of carbonyl (C=O) groups excluding carboxylic acids is 1. The summed E-state index contributed by atoms with van der Waals surface area (Å²) in [6.07, 6.45) is 3.52. The molecule has 4 rings (SSSR count). The summed E-state index contributed by atoms with van der Waals surface area (Å²) in [6.45, 7) is 2.37. The number of aryl methyl sites for hydroxylation is 1. The topological polar surface area (TPSA) is 79.4 Å². The van der Waals surface area contributed by atoms with Crippen LogP contribution in [0.4, 0.5) is 5.69 Å². The summed E-state index contributed by atoms with van der Waals surface area (Å²) < 4.78 is 1.90. The minimum Gasteiger partial charge on any atom is -0.391 e. The van der Waals surface area contributed by atoms with E-state index in [-0.39, 0.29) is 19.1 Å². The molecule has 0 atom stereocenters. The fraction of sp³-hybridized carbons (Fsp3) is 0.115. The highest BCUT2D eigenvalue weighted by atomic mass is 16.6. The van der Waals surface area contributed by atoms with Gasteiger partial charge in [-0.05, 0) is 36.8 Å². The molecule has 1 aromatic heterocycles. The monoisotopic (exact) mass is 422 g/mol. The van der Waals surface area contributed by atoms with Crippen LogP contribution >= 0.6 is 0 Å². The molecule has 158 valence electrons. The molecule has 32 heavy (non-hydrogen) atoms. The largest absolute Gasteiger partial charge is 0.391 e. The minimum absolute atomic E-state index is 0.107. The Kier molecular flexibility index (Phi) is 6.28. The lowest BCUT2D eigenvalue weighted by Crippen LogP contribution is -2.18. The number of amides is 1. The number of hydrogen-bond acceptors (Lipinski definition) is 4. The van der Waals surface area contributed by atoms with E-state index in [2.05, 4.69) is 16.5 Å². The Hall–Kier alpha value is -4.37. The van der Waals surface area contributed by atoms with Crippen molar-refractivity contribution in [2.45, 2.75) is 20.1 Å². The second-order valence-corrected chi connectivity index (χ2v) is 7.42. The van der Waals surface area contributed by atoms with Gasteiger partial charge in [-0.25, -0.2) is 0 Å². The van der Waals surface area contributed by atoms with Crippen molar-refractivity contribution in [1.82, 2.24) is 4.57 Å². The molecule has 0 spiro atoms. The Balaban J connectivity index is 1.48. The molecule has 0 bridgehead atoms. The third-order valence-corrected chi connectivity index (χ3v) is 5.06. The van der Waals surface area contributed by atoms with Crippen LogP contribution in [0.3, 0.4) is 0 Å². The van der Waals surface area contributed by atoms with Crippen molar-refractivity contribution in [3.05, 3.63) is 101 Å². The predicted molar refractivity (Wildman–Crippen MR) is 125 cm³/mol. The van der Waals surface area contributed by atoms with E-state index in [0.717, 1.165) is 33.3 Å². The molecule has 0 aliphatic carbocycles. The van der Waals surface area contributed by atoms with Crippen molar-refractivity contribution in [1.29, 1.82) is 5.26 Å². The van der Waals surface area contributed by atoms with Crippen LogP contribution in [0.1, 0.15) is 22.3 Å². The minimum atomic E-state index is -0.107. The number of aromatic nitrogens is 1. The van der Waals surface area contributed by atoms with E-state index in [1.54, 1.807) is 12.3 Å². The number of anilines is 1. The Morgan fingerprint density at radius 2 is 1.94 bits per heavy atom. The van der Waals surface area contributed by atoms with Crippen molar-refractivity contribution < 1.29 is 9.63 Å². The molecule has 0 unspecified atom stereocenters. The maximum absolute atomic E-state index is 12.6. The fourth-order valence-corrected chi connectivity index (χ4v) is 3.54. The number of oxime groups is 1. The lowest BCUT2D eigenvalue weighted by atomic mass is 10.1. The van der Waals surface area contributed by atoms with Crippen LogP contribution < -0.4 is 5.32 Å². The van der Waals surface area contributed by atoms with Gasteiger partial charge < -0.3 is 14.7 Å². The van der Waals surface area contributed by atoms with Crippen molar-refractivity contribution in [2.24, 2.45) is 5.16 Å². The van der Waals surface area contributed by atoms with Crippen LogP contribution in [0.2, 0.25) is 0 Å². The summed E-state index contributed by atoms with van der Waals surface area (Å²) >= 11 is 0. The van der Waals surface area contributed by atoms with Crippen LogP contribution in [0, 0.1) is 18.3 Å². The van der Waals surface area contributed by atoms with Gasteiger partial charge in [-0.2, -0.15) is 5.26 Å². The third kappa shape index (κ3) is 4.85. The van der Waals surface area contributed by atoms with Crippen LogP contribution in [-0.2, 0) is 22.8 Å². The zero-order valence-corrected chi connectivity index (χ0v) is 17.7. The zero-order valence-electron chi connectivity index (χ0n) is 17.7. The Bertz CT molecular complexity index is 1330. The Morgan fingerprint density at radius 3 is 2.78 bits per heavy atom. The van der Waals surface area contributed by atoms with Gasteiger partial charge in [-0.3, -0.25) is 4.79 Å². The fourth-order valence-electron chi connectivity index (χ4n) is 3.54. The van der Waals surface area contributed by atoms with E-state index in [9.17, 15) is 10.1 Å². The second-order valence-electron chi connectivity index (χ2n) is 7.42. The highest BCUT2D eigenvalue weighted by Crippen LogP contribution is 2.20. The lowest BCUT2D eigenvalue weighted by Gasteiger charge is -2.08. The normalized spacial score (nSPS) is 10.9.